The van der Waals surface area contributed by atoms with Gasteiger partial charge in [0.15, 0.2) is 0 Å². The number of aromatic nitrogens is 1. The molecule has 2 amide bonds. The average Bonchev–Trinajstić information content (AvgIpc) is 2.96. The molecule has 1 aliphatic heterocycles. The quantitative estimate of drug-likeness (QED) is 0.896. The summed E-state index contributed by atoms with van der Waals surface area (Å²) in [7, 11) is 1.74. The smallest absolute Gasteiger partial charge is 0.317 e. The first-order chi connectivity index (χ1) is 12.1. The number of hydrogen-bond donors (Lipinski definition) is 1. The Morgan fingerprint density at radius 2 is 2.36 bits per heavy atom. The van der Waals surface area contributed by atoms with E-state index in [2.05, 4.69) is 17.2 Å². The van der Waals surface area contributed by atoms with Crippen LogP contribution in [0.4, 0.5) is 9.18 Å². The third-order valence-corrected chi connectivity index (χ3v) is 5.23. The summed E-state index contributed by atoms with van der Waals surface area (Å²) >= 11 is 1.61. The number of benzene rings is 1. The molecule has 1 aromatic carbocycles. The van der Waals surface area contributed by atoms with Gasteiger partial charge in [-0.25, -0.2) is 14.2 Å². The minimum Gasteiger partial charge on any atom is -0.493 e. The van der Waals surface area contributed by atoms with Crippen molar-refractivity contribution in [3.8, 4) is 5.75 Å². The number of urea groups is 1. The highest BCUT2D eigenvalue weighted by Crippen LogP contribution is 2.32. The zero-order chi connectivity index (χ0) is 17.8. The minimum absolute atomic E-state index is 0.201. The topological polar surface area (TPSA) is 54.5 Å². The molecule has 0 radical (unpaired) electrons. The molecule has 1 aromatic heterocycles. The lowest BCUT2D eigenvalue weighted by molar-refractivity contribution is 0.201. The second-order valence-corrected chi connectivity index (χ2v) is 7.06. The van der Waals surface area contributed by atoms with Gasteiger partial charge in [-0.15, -0.1) is 11.3 Å². The van der Waals surface area contributed by atoms with Crippen molar-refractivity contribution in [1.29, 1.82) is 0 Å². The average molecular weight is 363 g/mol. The van der Waals surface area contributed by atoms with Gasteiger partial charge in [0.05, 0.1) is 29.9 Å². The van der Waals surface area contributed by atoms with Crippen LogP contribution in [0, 0.1) is 5.82 Å². The molecule has 5 nitrogen and oxygen atoms in total. The number of halogens is 1. The summed E-state index contributed by atoms with van der Waals surface area (Å²) in [5.41, 5.74) is 1.58. The number of hydrogen-bond acceptors (Lipinski definition) is 4. The molecule has 0 saturated heterocycles. The van der Waals surface area contributed by atoms with Crippen LogP contribution in [0.25, 0.3) is 0 Å². The van der Waals surface area contributed by atoms with Gasteiger partial charge in [0.1, 0.15) is 11.6 Å². The number of rotatable bonds is 4. The molecular formula is C18H22FN3O2S. The molecule has 7 heteroatoms. The van der Waals surface area contributed by atoms with Gasteiger partial charge >= 0.3 is 6.03 Å². The van der Waals surface area contributed by atoms with E-state index in [-0.39, 0.29) is 17.9 Å². The summed E-state index contributed by atoms with van der Waals surface area (Å²) in [5.74, 6) is 0.311. The zero-order valence-electron chi connectivity index (χ0n) is 14.4. The molecule has 3 rings (SSSR count). The SMILES string of the molecule is CCc1nc(CN(C)C(=O)N[C@@H]2CCCOc3ccc(F)cc32)cs1. The highest BCUT2D eigenvalue weighted by molar-refractivity contribution is 7.09. The number of ether oxygens (including phenoxy) is 1. The summed E-state index contributed by atoms with van der Waals surface area (Å²) in [4.78, 5) is 18.6. The van der Waals surface area contributed by atoms with Crippen LogP contribution in [0.15, 0.2) is 23.6 Å². The molecule has 2 aromatic rings. The van der Waals surface area contributed by atoms with Crippen LogP contribution in [0.1, 0.15) is 42.1 Å². The predicted molar refractivity (Wildman–Crippen MR) is 95.4 cm³/mol. The number of thiazole rings is 1. The Kier molecular flexibility index (Phi) is 5.53. The number of carbonyl (C=O) groups is 1. The zero-order valence-corrected chi connectivity index (χ0v) is 15.2. The maximum atomic E-state index is 13.6. The number of fused-ring (bicyclic) bond motifs is 1. The van der Waals surface area contributed by atoms with Gasteiger partial charge in [-0.2, -0.15) is 0 Å². The summed E-state index contributed by atoms with van der Waals surface area (Å²) in [6, 6.07) is 3.99. The third kappa shape index (κ3) is 4.28. The number of nitrogens with zero attached hydrogens (tertiary/aromatic N) is 2. The first kappa shape index (κ1) is 17.7. The first-order valence-electron chi connectivity index (χ1n) is 8.44. The van der Waals surface area contributed by atoms with Gasteiger partial charge in [-0.3, -0.25) is 0 Å². The molecule has 0 saturated carbocycles. The summed E-state index contributed by atoms with van der Waals surface area (Å²) in [6.07, 6.45) is 2.41. The van der Waals surface area contributed by atoms with E-state index in [0.29, 0.717) is 30.9 Å². The van der Waals surface area contributed by atoms with Crippen LogP contribution in [0.5, 0.6) is 5.75 Å². The fourth-order valence-corrected chi connectivity index (χ4v) is 3.59. The molecule has 1 atom stereocenters. The van der Waals surface area contributed by atoms with Crippen LogP contribution >= 0.6 is 11.3 Å². The standard InChI is InChI=1S/C18H22FN3O2S/c1-3-17-20-13(11-25-17)10-22(2)18(23)21-15-5-4-8-24-16-7-6-12(19)9-14(15)16/h6-7,9,11,15H,3-5,8,10H2,1-2H3,(H,21,23)/t15-/m1/s1. The van der Waals surface area contributed by atoms with Crippen molar-refractivity contribution < 1.29 is 13.9 Å². The fraction of sp³-hybridized carbons (Fsp3) is 0.444. The first-order valence-corrected chi connectivity index (χ1v) is 9.32. The Balaban J connectivity index is 1.68. The lowest BCUT2D eigenvalue weighted by atomic mass is 10.0. The van der Waals surface area contributed by atoms with Crippen molar-refractivity contribution in [2.75, 3.05) is 13.7 Å². The molecule has 0 aliphatic carbocycles. The molecule has 1 aliphatic rings. The van der Waals surface area contributed by atoms with Gasteiger partial charge in [0.25, 0.3) is 0 Å². The van der Waals surface area contributed by atoms with E-state index in [1.54, 1.807) is 29.4 Å². The Hall–Kier alpha value is -2.15. The van der Waals surface area contributed by atoms with Gasteiger partial charge < -0.3 is 15.0 Å². The van der Waals surface area contributed by atoms with E-state index in [1.807, 2.05) is 5.38 Å². The Morgan fingerprint density at radius 3 is 3.12 bits per heavy atom. The van der Waals surface area contributed by atoms with Crippen LogP contribution in [0.3, 0.4) is 0 Å². The molecule has 2 heterocycles. The van der Waals surface area contributed by atoms with E-state index in [0.717, 1.165) is 23.5 Å². The highest BCUT2D eigenvalue weighted by atomic mass is 32.1. The summed E-state index contributed by atoms with van der Waals surface area (Å²) in [6.45, 7) is 3.07. The van der Waals surface area contributed by atoms with E-state index in [1.165, 1.54) is 12.1 Å². The van der Waals surface area contributed by atoms with Crippen molar-refractivity contribution in [3.05, 3.63) is 45.7 Å². The second kappa shape index (κ2) is 7.82. The lowest BCUT2D eigenvalue weighted by Crippen LogP contribution is -2.39. The monoisotopic (exact) mass is 363 g/mol. The van der Waals surface area contributed by atoms with Crippen molar-refractivity contribution in [2.24, 2.45) is 0 Å². The van der Waals surface area contributed by atoms with Crippen molar-refractivity contribution in [1.82, 2.24) is 15.2 Å². The molecule has 0 spiro atoms. The predicted octanol–water partition coefficient (Wildman–Crippen LogP) is 3.90. The van der Waals surface area contributed by atoms with Gasteiger partial charge in [-0.1, -0.05) is 6.92 Å². The number of nitrogens with one attached hydrogen (secondary N) is 1. The Bertz CT molecular complexity index is 750. The van der Waals surface area contributed by atoms with Crippen molar-refractivity contribution in [2.45, 2.75) is 38.8 Å². The van der Waals surface area contributed by atoms with E-state index >= 15 is 0 Å². The molecule has 1 N–H and O–H groups in total. The number of amides is 2. The molecule has 0 bridgehead atoms. The van der Waals surface area contributed by atoms with Crippen LogP contribution in [-0.4, -0.2) is 29.6 Å². The van der Waals surface area contributed by atoms with E-state index in [4.69, 9.17) is 4.74 Å². The highest BCUT2D eigenvalue weighted by Gasteiger charge is 2.23. The number of carbonyl (C=O) groups excluding carboxylic acids is 1. The third-order valence-electron chi connectivity index (χ3n) is 4.19. The molecule has 0 unspecified atom stereocenters. The van der Waals surface area contributed by atoms with Crippen LogP contribution in [-0.2, 0) is 13.0 Å². The molecule has 0 fully saturated rings. The molecule has 25 heavy (non-hydrogen) atoms. The van der Waals surface area contributed by atoms with Gasteiger partial charge in [0.2, 0.25) is 0 Å². The largest absolute Gasteiger partial charge is 0.493 e. The normalized spacial score (nSPS) is 16.5. The maximum absolute atomic E-state index is 13.6. The molecule has 134 valence electrons. The minimum atomic E-state index is -0.327. The lowest BCUT2D eigenvalue weighted by Gasteiger charge is -2.23. The van der Waals surface area contributed by atoms with Gasteiger partial charge in [-0.05, 0) is 37.5 Å². The molecular weight excluding hydrogens is 341 g/mol. The van der Waals surface area contributed by atoms with Crippen molar-refractivity contribution in [3.63, 3.8) is 0 Å². The van der Waals surface area contributed by atoms with E-state index in [9.17, 15) is 9.18 Å². The second-order valence-electron chi connectivity index (χ2n) is 6.12. The van der Waals surface area contributed by atoms with E-state index < -0.39 is 0 Å². The summed E-state index contributed by atoms with van der Waals surface area (Å²) in [5, 5.41) is 6.04. The Morgan fingerprint density at radius 1 is 1.52 bits per heavy atom. The van der Waals surface area contributed by atoms with Crippen molar-refractivity contribution >= 4 is 17.4 Å². The fourth-order valence-electron chi connectivity index (χ4n) is 2.86. The van der Waals surface area contributed by atoms with Gasteiger partial charge in [0, 0.05) is 18.0 Å². The Labute approximate surface area is 150 Å². The number of aryl methyl sites for hydroxylation is 1. The van der Waals surface area contributed by atoms with Crippen LogP contribution in [0.2, 0.25) is 0 Å². The maximum Gasteiger partial charge on any atom is 0.317 e. The van der Waals surface area contributed by atoms with Crippen LogP contribution < -0.4 is 10.1 Å². The summed E-state index contributed by atoms with van der Waals surface area (Å²) < 4.78 is 19.3.